The zero-order valence-corrected chi connectivity index (χ0v) is 16.6. The zero-order valence-electron chi connectivity index (χ0n) is 16.6. The molecule has 2 aromatic carbocycles. The Morgan fingerprint density at radius 2 is 1.67 bits per heavy atom. The van der Waals surface area contributed by atoms with Crippen LogP contribution in [-0.2, 0) is 9.53 Å². The monoisotopic (exact) mass is 411 g/mol. The number of rotatable bonds is 4. The number of carbonyl (C=O) groups excluding carboxylic acids is 1. The van der Waals surface area contributed by atoms with Crippen LogP contribution in [0.1, 0.15) is 11.6 Å². The maximum atomic E-state index is 12.7. The van der Waals surface area contributed by atoms with Crippen molar-refractivity contribution < 1.29 is 33.2 Å². The van der Waals surface area contributed by atoms with Crippen LogP contribution in [-0.4, -0.2) is 45.2 Å². The molecular formula is C22H21NO7. The number of benzene rings is 2. The Kier molecular flexibility index (Phi) is 4.63. The number of methoxy groups -OCH3 is 1. The van der Waals surface area contributed by atoms with Gasteiger partial charge < -0.3 is 28.4 Å². The summed E-state index contributed by atoms with van der Waals surface area (Å²) in [6.45, 7) is 0.962. The lowest BCUT2D eigenvalue weighted by Crippen LogP contribution is -2.26. The second-order valence-corrected chi connectivity index (χ2v) is 7.30. The van der Waals surface area contributed by atoms with Gasteiger partial charge in [-0.15, -0.1) is 0 Å². The van der Waals surface area contributed by atoms with Crippen molar-refractivity contribution in [1.82, 2.24) is 4.90 Å². The van der Waals surface area contributed by atoms with Gasteiger partial charge in [0.05, 0.1) is 19.4 Å². The third-order valence-corrected chi connectivity index (χ3v) is 5.51. The molecule has 2 aromatic rings. The molecule has 3 aliphatic heterocycles. The molecule has 1 saturated heterocycles. The van der Waals surface area contributed by atoms with Crippen LogP contribution in [0.5, 0.6) is 28.7 Å². The molecule has 1 fully saturated rings. The normalized spacial score (nSPS) is 23.1. The molecule has 0 radical (unpaired) electrons. The Balaban J connectivity index is 1.43. The molecule has 0 saturated carbocycles. The van der Waals surface area contributed by atoms with Crippen molar-refractivity contribution in [2.45, 2.75) is 6.04 Å². The van der Waals surface area contributed by atoms with Crippen LogP contribution in [0.3, 0.4) is 0 Å². The van der Waals surface area contributed by atoms with E-state index in [0.29, 0.717) is 35.3 Å². The summed E-state index contributed by atoms with van der Waals surface area (Å²) in [7, 11) is 3.36. The fourth-order valence-corrected chi connectivity index (χ4v) is 4.10. The summed E-state index contributed by atoms with van der Waals surface area (Å²) in [5.41, 5.74) is 1.77. The summed E-state index contributed by atoms with van der Waals surface area (Å²) < 4.78 is 32.6. The van der Waals surface area contributed by atoms with Crippen LogP contribution in [0.15, 0.2) is 48.2 Å². The van der Waals surface area contributed by atoms with Gasteiger partial charge in [-0.25, -0.2) is 0 Å². The van der Waals surface area contributed by atoms with Crippen molar-refractivity contribution in [1.29, 1.82) is 0 Å². The van der Waals surface area contributed by atoms with Crippen molar-refractivity contribution in [2.24, 2.45) is 5.92 Å². The van der Waals surface area contributed by atoms with Gasteiger partial charge in [0, 0.05) is 12.6 Å². The van der Waals surface area contributed by atoms with Crippen molar-refractivity contribution >= 4 is 5.97 Å². The molecule has 0 spiro atoms. The minimum absolute atomic E-state index is 0.201. The predicted molar refractivity (Wildman–Crippen MR) is 105 cm³/mol. The second-order valence-electron chi connectivity index (χ2n) is 7.30. The van der Waals surface area contributed by atoms with E-state index in [1.165, 1.54) is 7.11 Å². The van der Waals surface area contributed by atoms with Gasteiger partial charge in [-0.05, 0) is 42.4 Å². The molecule has 8 nitrogen and oxygen atoms in total. The van der Waals surface area contributed by atoms with E-state index in [9.17, 15) is 4.79 Å². The highest BCUT2D eigenvalue weighted by Gasteiger charge is 2.43. The molecule has 0 bridgehead atoms. The minimum Gasteiger partial charge on any atom is -0.469 e. The number of hydrogen-bond donors (Lipinski definition) is 0. The second kappa shape index (κ2) is 7.46. The first-order valence-electron chi connectivity index (χ1n) is 9.57. The molecule has 2 atom stereocenters. The zero-order chi connectivity index (χ0) is 20.7. The average Bonchev–Trinajstić information content (AvgIpc) is 3.48. The summed E-state index contributed by atoms with van der Waals surface area (Å²) in [5.74, 6) is 2.49. The van der Waals surface area contributed by atoms with Crippen molar-refractivity contribution in [2.75, 3.05) is 34.3 Å². The Morgan fingerprint density at radius 1 is 1.00 bits per heavy atom. The Morgan fingerprint density at radius 3 is 2.40 bits per heavy atom. The molecule has 0 N–H and O–H groups in total. The van der Waals surface area contributed by atoms with E-state index < -0.39 is 5.92 Å². The van der Waals surface area contributed by atoms with E-state index in [-0.39, 0.29) is 25.6 Å². The van der Waals surface area contributed by atoms with E-state index in [4.69, 9.17) is 28.4 Å². The molecule has 3 heterocycles. The van der Waals surface area contributed by atoms with Crippen molar-refractivity contribution in [3.63, 3.8) is 0 Å². The lowest BCUT2D eigenvalue weighted by Gasteiger charge is -2.24. The summed E-state index contributed by atoms with van der Waals surface area (Å²) in [6, 6.07) is 10.9. The summed E-state index contributed by atoms with van der Waals surface area (Å²) in [4.78, 5) is 14.8. The van der Waals surface area contributed by atoms with Gasteiger partial charge in [0.1, 0.15) is 11.7 Å². The van der Waals surface area contributed by atoms with Gasteiger partial charge in [-0.3, -0.25) is 9.69 Å². The van der Waals surface area contributed by atoms with E-state index in [1.54, 1.807) is 24.5 Å². The van der Waals surface area contributed by atoms with Crippen LogP contribution in [0.2, 0.25) is 0 Å². The average molecular weight is 411 g/mol. The Bertz CT molecular complexity index is 1020. The third kappa shape index (κ3) is 3.19. The summed E-state index contributed by atoms with van der Waals surface area (Å²) in [5, 5.41) is 0. The van der Waals surface area contributed by atoms with Crippen molar-refractivity contribution in [3.05, 3.63) is 53.8 Å². The number of carbonyl (C=O) groups is 1. The van der Waals surface area contributed by atoms with Gasteiger partial charge in [-0.2, -0.15) is 0 Å². The molecule has 0 amide bonds. The number of nitrogens with zero attached hydrogens (tertiary/aromatic N) is 1. The maximum absolute atomic E-state index is 12.7. The van der Waals surface area contributed by atoms with E-state index in [2.05, 4.69) is 4.90 Å². The van der Waals surface area contributed by atoms with Crippen LogP contribution < -0.4 is 23.7 Å². The molecule has 5 rings (SSSR count). The molecule has 0 aliphatic carbocycles. The predicted octanol–water partition coefficient (Wildman–Crippen LogP) is 2.88. The number of ether oxygens (including phenoxy) is 6. The number of likely N-dealkylation sites (tertiary alicyclic amines) is 1. The highest BCUT2D eigenvalue weighted by Crippen LogP contribution is 2.44. The highest BCUT2D eigenvalue weighted by atomic mass is 16.7. The number of esters is 1. The van der Waals surface area contributed by atoms with Gasteiger partial charge in [0.2, 0.25) is 13.6 Å². The van der Waals surface area contributed by atoms with Gasteiger partial charge in [0.15, 0.2) is 23.0 Å². The fourth-order valence-electron chi connectivity index (χ4n) is 4.10. The van der Waals surface area contributed by atoms with Gasteiger partial charge in [-0.1, -0.05) is 6.07 Å². The van der Waals surface area contributed by atoms with E-state index >= 15 is 0 Å². The lowest BCUT2D eigenvalue weighted by molar-refractivity contribution is -0.145. The van der Waals surface area contributed by atoms with E-state index in [0.717, 1.165) is 11.1 Å². The van der Waals surface area contributed by atoms with E-state index in [1.807, 2.05) is 25.2 Å². The number of fused-ring (bicyclic) bond motifs is 2. The minimum atomic E-state index is -0.505. The largest absolute Gasteiger partial charge is 0.469 e. The van der Waals surface area contributed by atoms with Crippen LogP contribution >= 0.6 is 0 Å². The topological polar surface area (TPSA) is 75.7 Å². The van der Waals surface area contributed by atoms with Crippen LogP contribution in [0.25, 0.3) is 0 Å². The maximum Gasteiger partial charge on any atom is 0.314 e. The van der Waals surface area contributed by atoms with Crippen molar-refractivity contribution in [3.8, 4) is 28.7 Å². The Hall–Kier alpha value is -3.39. The SMILES string of the molecule is COC(=O)[C@@H]1/C(=C/Oc2ccc3c(c2)OCO3)CN(C)[C@H]1c1ccc2c(c1)OCO2. The summed E-state index contributed by atoms with van der Waals surface area (Å²) in [6.07, 6.45) is 1.63. The first kappa shape index (κ1) is 18.6. The molecule has 0 aromatic heterocycles. The Labute approximate surface area is 173 Å². The van der Waals surface area contributed by atoms with Crippen LogP contribution in [0.4, 0.5) is 0 Å². The van der Waals surface area contributed by atoms with Gasteiger partial charge >= 0.3 is 5.97 Å². The molecule has 8 heteroatoms. The highest BCUT2D eigenvalue weighted by molar-refractivity contribution is 5.78. The quantitative estimate of drug-likeness (QED) is 0.562. The lowest BCUT2D eigenvalue weighted by atomic mass is 9.91. The van der Waals surface area contributed by atoms with Gasteiger partial charge in [0.25, 0.3) is 0 Å². The fraction of sp³-hybridized carbons (Fsp3) is 0.318. The smallest absolute Gasteiger partial charge is 0.314 e. The van der Waals surface area contributed by atoms with Crippen LogP contribution in [0, 0.1) is 5.92 Å². The summed E-state index contributed by atoms with van der Waals surface area (Å²) >= 11 is 0. The standard InChI is InChI=1S/C22H21NO7/c1-23-9-14(10-26-15-4-6-17-19(8-15)30-12-28-17)20(22(24)25-2)21(23)13-3-5-16-18(7-13)29-11-27-16/h3-8,10,20-21H,9,11-12H2,1-2H3/b14-10+/t20-,21+/m1/s1. The third-order valence-electron chi connectivity index (χ3n) is 5.51. The molecule has 156 valence electrons. The first-order valence-corrected chi connectivity index (χ1v) is 9.57. The molecule has 3 aliphatic rings. The number of hydrogen-bond acceptors (Lipinski definition) is 8. The molecular weight excluding hydrogens is 390 g/mol. The molecule has 0 unspecified atom stereocenters. The first-order chi connectivity index (χ1) is 14.6. The molecule has 30 heavy (non-hydrogen) atoms. The number of likely N-dealkylation sites (N-methyl/N-ethyl adjacent to an activating group) is 1.